The topological polar surface area (TPSA) is 51.2 Å². The molecular weight excluding hydrogens is 356 g/mol. The number of anilines is 2. The number of carbonyl (C=O) groups is 1. The molecule has 0 unspecified atom stereocenters. The number of aryl methyl sites for hydroxylation is 2. The number of ether oxygens (including phenoxy) is 1. The first-order valence-corrected chi connectivity index (χ1v) is 8.18. The van der Waals surface area contributed by atoms with Crippen LogP contribution in [0.2, 0.25) is 0 Å². The van der Waals surface area contributed by atoms with Crippen molar-refractivity contribution in [3.63, 3.8) is 0 Å². The molecule has 1 aromatic heterocycles. The van der Waals surface area contributed by atoms with Gasteiger partial charge in [-0.3, -0.25) is 0 Å². The van der Waals surface area contributed by atoms with E-state index < -0.39 is 5.60 Å². The first-order valence-electron chi connectivity index (χ1n) is 7.39. The third-order valence-corrected chi connectivity index (χ3v) is 3.92. The van der Waals surface area contributed by atoms with Crippen molar-refractivity contribution in [2.45, 2.75) is 40.2 Å². The van der Waals surface area contributed by atoms with Crippen molar-refractivity contribution >= 4 is 33.3 Å². The number of benzene rings is 1. The van der Waals surface area contributed by atoms with E-state index in [2.05, 4.69) is 26.2 Å². The molecule has 0 amide bonds. The first-order chi connectivity index (χ1) is 10.7. The Kier molecular flexibility index (Phi) is 5.09. The lowest BCUT2D eigenvalue weighted by molar-refractivity contribution is 0.00706. The molecule has 0 radical (unpaired) electrons. The van der Waals surface area contributed by atoms with E-state index in [4.69, 9.17) is 4.74 Å². The molecule has 0 spiro atoms. The van der Waals surface area contributed by atoms with Crippen LogP contribution >= 0.6 is 15.9 Å². The Morgan fingerprint density at radius 3 is 2.52 bits per heavy atom. The molecule has 0 atom stereocenters. The maximum Gasteiger partial charge on any atom is 0.340 e. The van der Waals surface area contributed by atoms with Gasteiger partial charge in [0.25, 0.3) is 0 Å². The number of aromatic nitrogens is 1. The molecule has 5 heteroatoms. The fourth-order valence-electron chi connectivity index (χ4n) is 2.05. The summed E-state index contributed by atoms with van der Waals surface area (Å²) in [5, 5.41) is 3.25. The first kappa shape index (κ1) is 17.5. The minimum atomic E-state index is -0.534. The van der Waals surface area contributed by atoms with Crippen molar-refractivity contribution in [3.8, 4) is 0 Å². The van der Waals surface area contributed by atoms with Crippen LogP contribution in [-0.4, -0.2) is 16.6 Å². The summed E-state index contributed by atoms with van der Waals surface area (Å²) in [6.45, 7) is 9.48. The second-order valence-electron chi connectivity index (χ2n) is 6.51. The Bertz CT molecular complexity index is 736. The zero-order chi connectivity index (χ0) is 17.2. The highest BCUT2D eigenvalue weighted by atomic mass is 79.9. The second kappa shape index (κ2) is 6.71. The lowest BCUT2D eigenvalue weighted by Gasteiger charge is -2.21. The standard InChI is InChI=1S/C18H21BrN2O2/c1-11-6-7-15(14(8-11)17(22)23-18(3,4)5)21-13-9-12(2)16(19)20-10-13/h6-10,21H,1-5H3. The summed E-state index contributed by atoms with van der Waals surface area (Å²) < 4.78 is 6.30. The van der Waals surface area contributed by atoms with E-state index >= 15 is 0 Å². The van der Waals surface area contributed by atoms with Crippen LogP contribution in [0.15, 0.2) is 35.1 Å². The Balaban J connectivity index is 2.35. The lowest BCUT2D eigenvalue weighted by Crippen LogP contribution is -2.24. The highest BCUT2D eigenvalue weighted by molar-refractivity contribution is 9.10. The number of halogens is 1. The Morgan fingerprint density at radius 2 is 1.91 bits per heavy atom. The lowest BCUT2D eigenvalue weighted by atomic mass is 10.1. The zero-order valence-corrected chi connectivity index (χ0v) is 15.6. The summed E-state index contributed by atoms with van der Waals surface area (Å²) in [4.78, 5) is 16.7. The van der Waals surface area contributed by atoms with Crippen LogP contribution in [0.3, 0.4) is 0 Å². The second-order valence-corrected chi connectivity index (χ2v) is 7.26. The van der Waals surface area contributed by atoms with Gasteiger partial charge >= 0.3 is 5.97 Å². The molecule has 0 saturated carbocycles. The van der Waals surface area contributed by atoms with Gasteiger partial charge in [0.1, 0.15) is 10.2 Å². The van der Waals surface area contributed by atoms with E-state index in [1.54, 1.807) is 6.20 Å². The molecule has 0 fully saturated rings. The summed E-state index contributed by atoms with van der Waals surface area (Å²) in [5.74, 6) is -0.342. The maximum absolute atomic E-state index is 12.5. The molecule has 1 aromatic carbocycles. The number of hydrogen-bond donors (Lipinski definition) is 1. The molecule has 0 bridgehead atoms. The zero-order valence-electron chi connectivity index (χ0n) is 14.0. The number of hydrogen-bond acceptors (Lipinski definition) is 4. The molecule has 1 N–H and O–H groups in total. The summed E-state index contributed by atoms with van der Waals surface area (Å²) in [7, 11) is 0. The molecule has 122 valence electrons. The molecular formula is C18H21BrN2O2. The van der Waals surface area contributed by atoms with Crippen molar-refractivity contribution in [2.24, 2.45) is 0 Å². The highest BCUT2D eigenvalue weighted by Gasteiger charge is 2.20. The van der Waals surface area contributed by atoms with Crippen molar-refractivity contribution in [1.29, 1.82) is 0 Å². The number of nitrogens with one attached hydrogen (secondary N) is 1. The van der Waals surface area contributed by atoms with E-state index in [0.29, 0.717) is 11.3 Å². The summed E-state index contributed by atoms with van der Waals surface area (Å²) >= 11 is 3.38. The van der Waals surface area contributed by atoms with E-state index in [-0.39, 0.29) is 5.97 Å². The van der Waals surface area contributed by atoms with Crippen LogP contribution in [0.25, 0.3) is 0 Å². The Morgan fingerprint density at radius 1 is 1.22 bits per heavy atom. The van der Waals surface area contributed by atoms with Gasteiger partial charge in [-0.25, -0.2) is 9.78 Å². The summed E-state index contributed by atoms with van der Waals surface area (Å²) in [5.41, 5.74) is 3.52. The summed E-state index contributed by atoms with van der Waals surface area (Å²) in [6.07, 6.45) is 1.72. The van der Waals surface area contributed by atoms with Gasteiger partial charge in [0.2, 0.25) is 0 Å². The Hall–Kier alpha value is -1.88. The molecule has 0 aliphatic rings. The molecule has 1 heterocycles. The van der Waals surface area contributed by atoms with Gasteiger partial charge < -0.3 is 10.1 Å². The van der Waals surface area contributed by atoms with E-state index in [0.717, 1.165) is 21.4 Å². The highest BCUT2D eigenvalue weighted by Crippen LogP contribution is 2.26. The molecule has 0 aliphatic heterocycles. The van der Waals surface area contributed by atoms with Crippen molar-refractivity contribution in [1.82, 2.24) is 4.98 Å². The van der Waals surface area contributed by atoms with Gasteiger partial charge in [-0.15, -0.1) is 0 Å². The quantitative estimate of drug-likeness (QED) is 0.593. The number of nitrogens with zero attached hydrogens (tertiary/aromatic N) is 1. The average Bonchev–Trinajstić information content (AvgIpc) is 2.43. The van der Waals surface area contributed by atoms with E-state index in [9.17, 15) is 4.79 Å². The van der Waals surface area contributed by atoms with Gasteiger partial charge in [0.05, 0.1) is 23.1 Å². The number of esters is 1. The largest absolute Gasteiger partial charge is 0.456 e. The smallest absolute Gasteiger partial charge is 0.340 e. The van der Waals surface area contributed by atoms with Gasteiger partial charge in [-0.1, -0.05) is 11.6 Å². The molecule has 23 heavy (non-hydrogen) atoms. The van der Waals surface area contributed by atoms with Crippen LogP contribution < -0.4 is 5.32 Å². The molecule has 0 saturated heterocycles. The number of carbonyl (C=O) groups excluding carboxylic acids is 1. The van der Waals surface area contributed by atoms with Crippen LogP contribution in [0.4, 0.5) is 11.4 Å². The number of pyridine rings is 1. The minimum Gasteiger partial charge on any atom is -0.456 e. The normalized spacial score (nSPS) is 11.2. The van der Waals surface area contributed by atoms with Gasteiger partial charge in [-0.05, 0) is 74.3 Å². The van der Waals surface area contributed by atoms with E-state index in [1.165, 1.54) is 0 Å². The van der Waals surface area contributed by atoms with Crippen LogP contribution in [-0.2, 0) is 4.74 Å². The van der Waals surface area contributed by atoms with Crippen molar-refractivity contribution in [3.05, 3.63) is 51.8 Å². The monoisotopic (exact) mass is 376 g/mol. The SMILES string of the molecule is Cc1ccc(Nc2cnc(Br)c(C)c2)c(C(=O)OC(C)(C)C)c1. The van der Waals surface area contributed by atoms with Crippen molar-refractivity contribution < 1.29 is 9.53 Å². The Labute approximate surface area is 145 Å². The van der Waals surface area contributed by atoms with Crippen LogP contribution in [0.1, 0.15) is 42.3 Å². The molecule has 2 aromatic rings. The number of rotatable bonds is 3. The van der Waals surface area contributed by atoms with Crippen LogP contribution in [0, 0.1) is 13.8 Å². The maximum atomic E-state index is 12.5. The third kappa shape index (κ3) is 4.79. The minimum absolute atomic E-state index is 0.342. The molecule has 4 nitrogen and oxygen atoms in total. The van der Waals surface area contributed by atoms with Crippen LogP contribution in [0.5, 0.6) is 0 Å². The summed E-state index contributed by atoms with van der Waals surface area (Å²) in [6, 6.07) is 7.63. The van der Waals surface area contributed by atoms with Gasteiger partial charge in [0, 0.05) is 0 Å². The predicted molar refractivity (Wildman–Crippen MR) is 96.3 cm³/mol. The van der Waals surface area contributed by atoms with Gasteiger partial charge in [-0.2, -0.15) is 0 Å². The molecule has 2 rings (SSSR count). The fourth-order valence-corrected chi connectivity index (χ4v) is 2.27. The average molecular weight is 377 g/mol. The fraction of sp³-hybridized carbons (Fsp3) is 0.333. The van der Waals surface area contributed by atoms with E-state index in [1.807, 2.05) is 58.9 Å². The van der Waals surface area contributed by atoms with Gasteiger partial charge in [0.15, 0.2) is 0 Å². The third-order valence-electron chi connectivity index (χ3n) is 3.09. The molecule has 0 aliphatic carbocycles. The predicted octanol–water partition coefficient (Wildman–Crippen LogP) is 5.16. The van der Waals surface area contributed by atoms with Crippen molar-refractivity contribution in [2.75, 3.05) is 5.32 Å².